The van der Waals surface area contributed by atoms with E-state index in [4.69, 9.17) is 9.47 Å². The average Bonchev–Trinajstić information content (AvgIpc) is 2.40. The SMILES string of the molecule is CC(=O)CCC(C)CCOC(=O)CCCCCOC(C)=O. The number of rotatable bonds is 12. The van der Waals surface area contributed by atoms with Gasteiger partial charge in [-0.3, -0.25) is 9.59 Å². The first-order valence-corrected chi connectivity index (χ1v) is 7.70. The highest BCUT2D eigenvalue weighted by Gasteiger charge is 2.07. The van der Waals surface area contributed by atoms with Crippen molar-refractivity contribution in [2.24, 2.45) is 5.92 Å². The molecule has 0 rings (SSSR count). The molecular formula is C16H28O5. The number of hydrogen-bond acceptors (Lipinski definition) is 5. The molecule has 0 N–H and O–H groups in total. The lowest BCUT2D eigenvalue weighted by Gasteiger charge is -2.10. The van der Waals surface area contributed by atoms with Gasteiger partial charge in [0, 0.05) is 19.8 Å². The van der Waals surface area contributed by atoms with Crippen molar-refractivity contribution in [3.8, 4) is 0 Å². The van der Waals surface area contributed by atoms with Crippen molar-refractivity contribution in [1.29, 1.82) is 0 Å². The molecule has 0 aromatic carbocycles. The Hall–Kier alpha value is -1.39. The monoisotopic (exact) mass is 300 g/mol. The lowest BCUT2D eigenvalue weighted by molar-refractivity contribution is -0.144. The number of ketones is 1. The molecule has 0 aliphatic carbocycles. The zero-order chi connectivity index (χ0) is 16.1. The zero-order valence-corrected chi connectivity index (χ0v) is 13.5. The van der Waals surface area contributed by atoms with E-state index in [0.29, 0.717) is 32.0 Å². The van der Waals surface area contributed by atoms with Crippen molar-refractivity contribution >= 4 is 17.7 Å². The van der Waals surface area contributed by atoms with Crippen LogP contribution in [0.15, 0.2) is 0 Å². The van der Waals surface area contributed by atoms with Crippen LogP contribution in [0.4, 0.5) is 0 Å². The van der Waals surface area contributed by atoms with E-state index in [1.165, 1.54) is 6.92 Å². The molecule has 5 nitrogen and oxygen atoms in total. The molecule has 0 aliphatic rings. The summed E-state index contributed by atoms with van der Waals surface area (Å²) in [5, 5.41) is 0. The van der Waals surface area contributed by atoms with Crippen LogP contribution in [-0.4, -0.2) is 30.9 Å². The van der Waals surface area contributed by atoms with Gasteiger partial charge in [-0.25, -0.2) is 0 Å². The fraction of sp³-hybridized carbons (Fsp3) is 0.812. The second kappa shape index (κ2) is 12.4. The maximum absolute atomic E-state index is 11.5. The summed E-state index contributed by atoms with van der Waals surface area (Å²) in [6.07, 6.45) is 5.01. The molecule has 0 spiro atoms. The van der Waals surface area contributed by atoms with E-state index in [1.807, 2.05) is 0 Å². The van der Waals surface area contributed by atoms with Gasteiger partial charge in [0.25, 0.3) is 0 Å². The van der Waals surface area contributed by atoms with Crippen molar-refractivity contribution < 1.29 is 23.9 Å². The van der Waals surface area contributed by atoms with Crippen LogP contribution in [0.1, 0.15) is 65.7 Å². The Kier molecular flexibility index (Phi) is 11.5. The van der Waals surface area contributed by atoms with Crippen LogP contribution in [0.5, 0.6) is 0 Å². The highest BCUT2D eigenvalue weighted by atomic mass is 16.5. The third-order valence-corrected chi connectivity index (χ3v) is 3.19. The van der Waals surface area contributed by atoms with Gasteiger partial charge in [0.15, 0.2) is 0 Å². The molecule has 0 aliphatic heterocycles. The van der Waals surface area contributed by atoms with Crippen LogP contribution in [0.3, 0.4) is 0 Å². The van der Waals surface area contributed by atoms with Crippen LogP contribution in [0.25, 0.3) is 0 Å². The molecular weight excluding hydrogens is 272 g/mol. The van der Waals surface area contributed by atoms with E-state index >= 15 is 0 Å². The summed E-state index contributed by atoms with van der Waals surface area (Å²) in [5.74, 6) is 0.146. The molecule has 0 amide bonds. The molecule has 1 unspecified atom stereocenters. The second-order valence-corrected chi connectivity index (χ2v) is 5.51. The van der Waals surface area contributed by atoms with Crippen molar-refractivity contribution in [3.05, 3.63) is 0 Å². The molecule has 0 radical (unpaired) electrons. The molecule has 1 atom stereocenters. The summed E-state index contributed by atoms with van der Waals surface area (Å²) in [6.45, 7) is 5.87. The van der Waals surface area contributed by atoms with Gasteiger partial charge in [0.2, 0.25) is 0 Å². The van der Waals surface area contributed by atoms with E-state index in [-0.39, 0.29) is 17.7 Å². The maximum Gasteiger partial charge on any atom is 0.305 e. The minimum Gasteiger partial charge on any atom is -0.466 e. The molecule has 0 aromatic heterocycles. The molecule has 0 saturated heterocycles. The first kappa shape index (κ1) is 19.6. The van der Waals surface area contributed by atoms with Crippen LogP contribution in [0.2, 0.25) is 0 Å². The van der Waals surface area contributed by atoms with Gasteiger partial charge in [-0.15, -0.1) is 0 Å². The fourth-order valence-corrected chi connectivity index (χ4v) is 1.80. The Morgan fingerprint density at radius 3 is 2.19 bits per heavy atom. The maximum atomic E-state index is 11.5. The number of carbonyl (C=O) groups is 3. The Bertz CT molecular complexity index is 325. The van der Waals surface area contributed by atoms with Gasteiger partial charge in [0.1, 0.15) is 5.78 Å². The van der Waals surface area contributed by atoms with E-state index in [1.54, 1.807) is 6.92 Å². The Morgan fingerprint density at radius 2 is 1.57 bits per heavy atom. The third-order valence-electron chi connectivity index (χ3n) is 3.19. The van der Waals surface area contributed by atoms with Crippen LogP contribution >= 0.6 is 0 Å². The average molecular weight is 300 g/mol. The van der Waals surface area contributed by atoms with Crippen LogP contribution in [0, 0.1) is 5.92 Å². The Balaban J connectivity index is 3.41. The Morgan fingerprint density at radius 1 is 0.857 bits per heavy atom. The molecule has 0 bridgehead atoms. The summed E-state index contributed by atoms with van der Waals surface area (Å²) in [5.41, 5.74) is 0. The highest BCUT2D eigenvalue weighted by molar-refractivity contribution is 5.75. The summed E-state index contributed by atoms with van der Waals surface area (Å²) < 4.78 is 9.96. The predicted octanol–water partition coefficient (Wildman–Crippen LogP) is 3.05. The van der Waals surface area contributed by atoms with Crippen molar-refractivity contribution in [2.45, 2.75) is 65.7 Å². The summed E-state index contributed by atoms with van der Waals surface area (Å²) in [4.78, 5) is 32.8. The van der Waals surface area contributed by atoms with Crippen LogP contribution < -0.4 is 0 Å². The Labute approximate surface area is 127 Å². The first-order chi connectivity index (χ1) is 9.91. The lowest BCUT2D eigenvalue weighted by Crippen LogP contribution is -2.09. The quantitative estimate of drug-likeness (QED) is 0.409. The van der Waals surface area contributed by atoms with Gasteiger partial charge >= 0.3 is 11.9 Å². The van der Waals surface area contributed by atoms with Gasteiger partial charge in [-0.05, 0) is 44.9 Å². The number of esters is 2. The van der Waals surface area contributed by atoms with E-state index in [2.05, 4.69) is 6.92 Å². The standard InChI is InChI=1S/C16H28O5/c1-13(8-9-14(2)17)10-12-21-16(19)7-5-4-6-11-20-15(3)18/h13H,4-12H2,1-3H3. The summed E-state index contributed by atoms with van der Waals surface area (Å²) >= 11 is 0. The number of ether oxygens (including phenoxy) is 2. The molecule has 21 heavy (non-hydrogen) atoms. The van der Waals surface area contributed by atoms with Crippen molar-refractivity contribution in [3.63, 3.8) is 0 Å². The van der Waals surface area contributed by atoms with Crippen molar-refractivity contribution in [2.75, 3.05) is 13.2 Å². The molecule has 0 heterocycles. The summed E-state index contributed by atoms with van der Waals surface area (Å²) in [6, 6.07) is 0. The van der Waals surface area contributed by atoms with E-state index < -0.39 is 0 Å². The fourth-order valence-electron chi connectivity index (χ4n) is 1.80. The van der Waals surface area contributed by atoms with E-state index in [0.717, 1.165) is 32.1 Å². The normalized spacial score (nSPS) is 11.8. The van der Waals surface area contributed by atoms with Gasteiger partial charge < -0.3 is 14.3 Å². The second-order valence-electron chi connectivity index (χ2n) is 5.51. The topological polar surface area (TPSA) is 69.7 Å². The minimum absolute atomic E-state index is 0.179. The predicted molar refractivity (Wildman–Crippen MR) is 79.8 cm³/mol. The molecule has 0 aromatic rings. The van der Waals surface area contributed by atoms with Crippen molar-refractivity contribution in [1.82, 2.24) is 0 Å². The number of Topliss-reactive ketones (excluding diaryl/α,β-unsaturated/α-hetero) is 1. The zero-order valence-electron chi connectivity index (χ0n) is 13.5. The number of carbonyl (C=O) groups excluding carboxylic acids is 3. The van der Waals surface area contributed by atoms with Gasteiger partial charge in [-0.1, -0.05) is 6.92 Å². The number of hydrogen-bond donors (Lipinski definition) is 0. The van der Waals surface area contributed by atoms with Gasteiger partial charge in [0.05, 0.1) is 13.2 Å². The largest absolute Gasteiger partial charge is 0.466 e. The minimum atomic E-state index is -0.270. The smallest absolute Gasteiger partial charge is 0.305 e. The third kappa shape index (κ3) is 14.8. The first-order valence-electron chi connectivity index (χ1n) is 7.70. The summed E-state index contributed by atoms with van der Waals surface area (Å²) in [7, 11) is 0. The molecule has 122 valence electrons. The highest BCUT2D eigenvalue weighted by Crippen LogP contribution is 2.11. The van der Waals surface area contributed by atoms with E-state index in [9.17, 15) is 14.4 Å². The lowest BCUT2D eigenvalue weighted by atomic mass is 10.0. The molecule has 5 heteroatoms. The van der Waals surface area contributed by atoms with Crippen LogP contribution in [-0.2, 0) is 23.9 Å². The van der Waals surface area contributed by atoms with Gasteiger partial charge in [-0.2, -0.15) is 0 Å². The molecule has 0 fully saturated rings. The number of unbranched alkanes of at least 4 members (excludes halogenated alkanes) is 2. The molecule has 0 saturated carbocycles.